The molecule has 2 amide bonds. The van der Waals surface area contributed by atoms with E-state index in [-0.39, 0.29) is 17.9 Å². The highest BCUT2D eigenvalue weighted by molar-refractivity contribution is 6.06. The summed E-state index contributed by atoms with van der Waals surface area (Å²) in [4.78, 5) is 23.1. The number of rotatable bonds is 0. The van der Waals surface area contributed by atoms with Crippen molar-refractivity contribution in [1.29, 1.82) is 0 Å². The minimum atomic E-state index is -0.490. The Labute approximate surface area is 93.6 Å². The van der Waals surface area contributed by atoms with Gasteiger partial charge in [-0.15, -0.1) is 0 Å². The lowest BCUT2D eigenvalue weighted by Gasteiger charge is -2.18. The second-order valence-electron chi connectivity index (χ2n) is 5.04. The number of nitrogens with one attached hydrogen (secondary N) is 1. The molecule has 0 saturated carbocycles. The lowest BCUT2D eigenvalue weighted by molar-refractivity contribution is -0.128. The molecule has 1 spiro atoms. The smallest absolute Gasteiger partial charge is 0.233 e. The molecule has 4 nitrogen and oxygen atoms in total. The van der Waals surface area contributed by atoms with Crippen LogP contribution in [0.1, 0.15) is 25.7 Å². The predicted octanol–water partition coefficient (Wildman–Crippen LogP) is 0.397. The van der Waals surface area contributed by atoms with E-state index >= 15 is 0 Å². The largest absolute Gasteiger partial charge is 0.324 e. The van der Waals surface area contributed by atoms with Gasteiger partial charge in [0.2, 0.25) is 11.8 Å². The number of nitrogens with two attached hydrogens (primary N) is 1. The summed E-state index contributed by atoms with van der Waals surface area (Å²) in [6.07, 6.45) is 6.57. The Morgan fingerprint density at radius 3 is 2.81 bits per heavy atom. The normalized spacial score (nSPS) is 37.2. The summed E-state index contributed by atoms with van der Waals surface area (Å²) in [7, 11) is 0. The molecule has 0 radical (unpaired) electrons. The van der Waals surface area contributed by atoms with E-state index < -0.39 is 5.41 Å². The first kappa shape index (κ1) is 9.78. The van der Waals surface area contributed by atoms with Gasteiger partial charge in [0.1, 0.15) is 0 Å². The molecule has 1 aliphatic heterocycles. The third-order valence-electron chi connectivity index (χ3n) is 3.80. The van der Waals surface area contributed by atoms with Crippen molar-refractivity contribution >= 4 is 11.8 Å². The number of hydrogen-bond acceptors (Lipinski definition) is 3. The van der Waals surface area contributed by atoms with Crippen LogP contribution in [0.4, 0.5) is 0 Å². The van der Waals surface area contributed by atoms with Crippen LogP contribution < -0.4 is 11.1 Å². The number of carbonyl (C=O) groups excluding carboxylic acids is 2. The second kappa shape index (κ2) is 3.04. The Morgan fingerprint density at radius 1 is 1.31 bits per heavy atom. The van der Waals surface area contributed by atoms with Crippen LogP contribution in [0.15, 0.2) is 23.3 Å². The van der Waals surface area contributed by atoms with E-state index in [9.17, 15) is 9.59 Å². The molecule has 0 aromatic rings. The minimum absolute atomic E-state index is 0.0639. The molecule has 2 aliphatic carbocycles. The van der Waals surface area contributed by atoms with Gasteiger partial charge in [0, 0.05) is 12.5 Å². The maximum atomic E-state index is 11.8. The van der Waals surface area contributed by atoms with E-state index in [1.807, 2.05) is 12.2 Å². The van der Waals surface area contributed by atoms with Crippen molar-refractivity contribution in [3.63, 3.8) is 0 Å². The number of allylic oxidation sites excluding steroid dienone is 2. The summed E-state index contributed by atoms with van der Waals surface area (Å²) >= 11 is 0. The van der Waals surface area contributed by atoms with Crippen molar-refractivity contribution < 1.29 is 9.59 Å². The Kier molecular flexibility index (Phi) is 1.86. The minimum Gasteiger partial charge on any atom is -0.324 e. The average molecular weight is 218 g/mol. The van der Waals surface area contributed by atoms with Gasteiger partial charge in [-0.3, -0.25) is 14.9 Å². The molecule has 2 atom stereocenters. The molecule has 1 heterocycles. The molecular weight excluding hydrogens is 204 g/mol. The van der Waals surface area contributed by atoms with E-state index in [1.165, 1.54) is 11.1 Å². The number of imide groups is 1. The summed E-state index contributed by atoms with van der Waals surface area (Å²) < 4.78 is 0. The molecule has 0 bridgehead atoms. The lowest BCUT2D eigenvalue weighted by Crippen LogP contribution is -2.29. The molecule has 0 aromatic heterocycles. The van der Waals surface area contributed by atoms with Crippen molar-refractivity contribution in [2.75, 3.05) is 0 Å². The van der Waals surface area contributed by atoms with Crippen LogP contribution >= 0.6 is 0 Å². The molecule has 2 unspecified atom stereocenters. The fourth-order valence-corrected chi connectivity index (χ4v) is 3.02. The molecule has 1 saturated heterocycles. The van der Waals surface area contributed by atoms with Crippen molar-refractivity contribution in [2.45, 2.75) is 31.7 Å². The first-order chi connectivity index (χ1) is 7.59. The van der Waals surface area contributed by atoms with E-state index in [4.69, 9.17) is 5.73 Å². The zero-order valence-electron chi connectivity index (χ0n) is 8.95. The Bertz CT molecular complexity index is 450. The SMILES string of the molecule is NC1C=CC2=C(C1)CC1(CC(=O)NC1=O)C2. The van der Waals surface area contributed by atoms with Crippen LogP contribution in [0.2, 0.25) is 0 Å². The van der Waals surface area contributed by atoms with Gasteiger partial charge in [0.25, 0.3) is 0 Å². The van der Waals surface area contributed by atoms with Gasteiger partial charge in [0.15, 0.2) is 0 Å². The van der Waals surface area contributed by atoms with Crippen LogP contribution in [0.5, 0.6) is 0 Å². The van der Waals surface area contributed by atoms with Crippen LogP contribution in [0, 0.1) is 5.41 Å². The molecule has 0 aromatic carbocycles. The molecule has 3 N–H and O–H groups in total. The third kappa shape index (κ3) is 1.26. The predicted molar refractivity (Wildman–Crippen MR) is 58.2 cm³/mol. The van der Waals surface area contributed by atoms with Crippen molar-refractivity contribution in [3.8, 4) is 0 Å². The van der Waals surface area contributed by atoms with Crippen LogP contribution in [-0.4, -0.2) is 17.9 Å². The van der Waals surface area contributed by atoms with Crippen LogP contribution in [-0.2, 0) is 9.59 Å². The number of hydrogen-bond donors (Lipinski definition) is 2. The standard InChI is InChI=1S/C12H14N2O2/c13-9-2-1-7-4-12(5-8(7)3-9)6-10(15)14-11(12)16/h1-2,9H,3-6,13H2,(H,14,15,16). The summed E-state index contributed by atoms with van der Waals surface area (Å²) in [5, 5.41) is 2.41. The Balaban J connectivity index is 1.89. The zero-order valence-corrected chi connectivity index (χ0v) is 8.95. The van der Waals surface area contributed by atoms with Gasteiger partial charge in [-0.05, 0) is 24.8 Å². The highest BCUT2D eigenvalue weighted by Gasteiger charge is 2.50. The quantitative estimate of drug-likeness (QED) is 0.578. The van der Waals surface area contributed by atoms with E-state index in [0.29, 0.717) is 19.3 Å². The highest BCUT2D eigenvalue weighted by Crippen LogP contribution is 2.49. The van der Waals surface area contributed by atoms with Crippen molar-refractivity contribution in [2.24, 2.45) is 11.1 Å². The fraction of sp³-hybridized carbons (Fsp3) is 0.500. The number of amides is 2. The van der Waals surface area contributed by atoms with Gasteiger partial charge >= 0.3 is 0 Å². The van der Waals surface area contributed by atoms with Gasteiger partial charge in [-0.2, -0.15) is 0 Å². The Hall–Kier alpha value is -1.42. The van der Waals surface area contributed by atoms with Gasteiger partial charge < -0.3 is 5.73 Å². The van der Waals surface area contributed by atoms with E-state index in [0.717, 1.165) is 6.42 Å². The fourth-order valence-electron chi connectivity index (χ4n) is 3.02. The first-order valence-corrected chi connectivity index (χ1v) is 5.58. The molecule has 1 fully saturated rings. The highest BCUT2D eigenvalue weighted by atomic mass is 16.2. The average Bonchev–Trinajstić information content (AvgIpc) is 2.67. The summed E-state index contributed by atoms with van der Waals surface area (Å²) in [6.45, 7) is 0. The van der Waals surface area contributed by atoms with Gasteiger partial charge in [0.05, 0.1) is 5.41 Å². The van der Waals surface area contributed by atoms with Gasteiger partial charge in [-0.1, -0.05) is 17.7 Å². The van der Waals surface area contributed by atoms with Crippen LogP contribution in [0.3, 0.4) is 0 Å². The second-order valence-corrected chi connectivity index (χ2v) is 5.04. The summed E-state index contributed by atoms with van der Waals surface area (Å²) in [5.74, 6) is -0.244. The monoisotopic (exact) mass is 218 g/mol. The molecular formula is C12H14N2O2. The molecule has 3 rings (SSSR count). The first-order valence-electron chi connectivity index (χ1n) is 5.58. The van der Waals surface area contributed by atoms with Crippen molar-refractivity contribution in [1.82, 2.24) is 5.32 Å². The molecule has 16 heavy (non-hydrogen) atoms. The zero-order chi connectivity index (χ0) is 11.3. The topological polar surface area (TPSA) is 72.2 Å². The van der Waals surface area contributed by atoms with Gasteiger partial charge in [-0.25, -0.2) is 0 Å². The maximum Gasteiger partial charge on any atom is 0.233 e. The third-order valence-corrected chi connectivity index (χ3v) is 3.80. The lowest BCUT2D eigenvalue weighted by atomic mass is 9.82. The summed E-state index contributed by atoms with van der Waals surface area (Å²) in [6, 6.07) is 0.0639. The van der Waals surface area contributed by atoms with E-state index in [2.05, 4.69) is 5.32 Å². The maximum absolute atomic E-state index is 11.8. The van der Waals surface area contributed by atoms with Crippen LogP contribution in [0.25, 0.3) is 0 Å². The Morgan fingerprint density at radius 2 is 2.12 bits per heavy atom. The molecule has 4 heteroatoms. The molecule has 84 valence electrons. The number of carbonyl (C=O) groups is 2. The van der Waals surface area contributed by atoms with Crippen molar-refractivity contribution in [3.05, 3.63) is 23.3 Å². The summed E-state index contributed by atoms with van der Waals surface area (Å²) in [5.41, 5.74) is 7.84. The van der Waals surface area contributed by atoms with E-state index in [1.54, 1.807) is 0 Å². The molecule has 3 aliphatic rings.